The second-order valence-corrected chi connectivity index (χ2v) is 4.52. The van der Waals surface area contributed by atoms with Crippen LogP contribution in [0.25, 0.3) is 0 Å². The van der Waals surface area contributed by atoms with Crippen molar-refractivity contribution in [3.8, 4) is 0 Å². The summed E-state index contributed by atoms with van der Waals surface area (Å²) >= 11 is 0. The van der Waals surface area contributed by atoms with E-state index in [1.54, 1.807) is 12.3 Å². The van der Waals surface area contributed by atoms with Gasteiger partial charge in [-0.15, -0.1) is 0 Å². The average molecular weight is 289 g/mol. The van der Waals surface area contributed by atoms with Gasteiger partial charge in [-0.3, -0.25) is 4.98 Å². The molecule has 110 valence electrons. The molecule has 2 amide bonds. The Kier molecular flexibility index (Phi) is 4.50. The fourth-order valence-electron chi connectivity index (χ4n) is 1.77. The van der Waals surface area contributed by atoms with Gasteiger partial charge in [-0.25, -0.2) is 14.6 Å². The van der Waals surface area contributed by atoms with Crippen LogP contribution in [0.1, 0.15) is 11.3 Å². The number of nitrogens with zero attached hydrogens (tertiary/aromatic N) is 2. The number of nitrogens with one attached hydrogen (secondary N) is 3. The Labute approximate surface area is 120 Å². The Hall–Kier alpha value is -2.90. The molecule has 8 heteroatoms. The van der Waals surface area contributed by atoms with E-state index in [-0.39, 0.29) is 6.42 Å². The van der Waals surface area contributed by atoms with Gasteiger partial charge in [0.2, 0.25) is 0 Å². The number of H-pyrrole nitrogens is 1. The van der Waals surface area contributed by atoms with Gasteiger partial charge in [0.05, 0.1) is 18.2 Å². The number of pyridine rings is 1. The average Bonchev–Trinajstić information content (AvgIpc) is 2.90. The third-order valence-electron chi connectivity index (χ3n) is 2.72. The van der Waals surface area contributed by atoms with Crippen molar-refractivity contribution in [2.75, 3.05) is 5.32 Å². The van der Waals surface area contributed by atoms with Crippen molar-refractivity contribution >= 4 is 17.7 Å². The summed E-state index contributed by atoms with van der Waals surface area (Å²) in [7, 11) is 0. The monoisotopic (exact) mass is 289 g/mol. The van der Waals surface area contributed by atoms with Gasteiger partial charge in [0, 0.05) is 24.5 Å². The van der Waals surface area contributed by atoms with Crippen LogP contribution < -0.4 is 10.6 Å². The first-order chi connectivity index (χ1) is 10.0. The number of hydrogen-bond acceptors (Lipinski definition) is 4. The Bertz CT molecular complexity index is 626. The first-order valence-corrected chi connectivity index (χ1v) is 6.24. The molecule has 0 aliphatic heterocycles. The van der Waals surface area contributed by atoms with E-state index in [1.165, 1.54) is 18.7 Å². The molecule has 21 heavy (non-hydrogen) atoms. The number of anilines is 1. The van der Waals surface area contributed by atoms with Crippen LogP contribution in [0.4, 0.5) is 10.5 Å². The Balaban J connectivity index is 1.96. The van der Waals surface area contributed by atoms with E-state index in [1.807, 2.05) is 6.92 Å². The molecule has 0 fully saturated rings. The molecule has 0 radical (unpaired) electrons. The first-order valence-electron chi connectivity index (χ1n) is 6.24. The predicted molar refractivity (Wildman–Crippen MR) is 74.8 cm³/mol. The van der Waals surface area contributed by atoms with Gasteiger partial charge in [0.1, 0.15) is 6.04 Å². The SMILES string of the molecule is Cc1cncc(NC(=O)N[C@@H](Cc2cnc[nH]2)C(=O)O)c1. The molecule has 0 saturated carbocycles. The lowest BCUT2D eigenvalue weighted by atomic mass is 10.2. The molecule has 0 aromatic carbocycles. The number of hydrogen-bond donors (Lipinski definition) is 4. The number of urea groups is 1. The number of aromatic nitrogens is 3. The minimum atomic E-state index is -1.12. The summed E-state index contributed by atoms with van der Waals surface area (Å²) in [6.07, 6.45) is 6.22. The molecule has 0 aliphatic carbocycles. The predicted octanol–water partition coefficient (Wildman–Crippen LogP) is 0.931. The van der Waals surface area contributed by atoms with Crippen LogP contribution in [0.5, 0.6) is 0 Å². The van der Waals surface area contributed by atoms with Crippen LogP contribution in [0, 0.1) is 6.92 Å². The standard InChI is InChI=1S/C13H15N5O3/c1-8-2-10(6-14-4-8)17-13(21)18-11(12(19)20)3-9-5-15-7-16-9/h2,4-7,11H,3H2,1H3,(H,15,16)(H,19,20)(H2,17,18,21)/t11-/m0/s1. The molecular formula is C13H15N5O3. The summed E-state index contributed by atoms with van der Waals surface area (Å²) in [6.45, 7) is 1.84. The van der Waals surface area contributed by atoms with Crippen molar-refractivity contribution in [3.63, 3.8) is 0 Å². The van der Waals surface area contributed by atoms with Crippen LogP contribution in [0.15, 0.2) is 31.0 Å². The lowest BCUT2D eigenvalue weighted by Gasteiger charge is -2.14. The molecule has 2 aromatic heterocycles. The molecule has 1 atom stereocenters. The Morgan fingerprint density at radius 1 is 1.33 bits per heavy atom. The van der Waals surface area contributed by atoms with E-state index in [9.17, 15) is 9.59 Å². The van der Waals surface area contributed by atoms with Crippen LogP contribution >= 0.6 is 0 Å². The maximum atomic E-state index is 11.8. The number of aromatic amines is 1. The van der Waals surface area contributed by atoms with Gasteiger partial charge in [0.25, 0.3) is 0 Å². The molecule has 0 bridgehead atoms. The topological polar surface area (TPSA) is 120 Å². The van der Waals surface area contributed by atoms with Gasteiger partial charge in [-0.05, 0) is 18.6 Å². The van der Waals surface area contributed by atoms with Crippen molar-refractivity contribution in [1.29, 1.82) is 0 Å². The summed E-state index contributed by atoms with van der Waals surface area (Å²) < 4.78 is 0. The number of rotatable bonds is 5. The molecule has 4 N–H and O–H groups in total. The number of aryl methyl sites for hydroxylation is 1. The third kappa shape index (κ3) is 4.30. The molecule has 0 aliphatic rings. The highest BCUT2D eigenvalue weighted by Gasteiger charge is 2.21. The van der Waals surface area contributed by atoms with Crippen molar-refractivity contribution < 1.29 is 14.7 Å². The van der Waals surface area contributed by atoms with Gasteiger partial charge in [0.15, 0.2) is 0 Å². The smallest absolute Gasteiger partial charge is 0.326 e. The summed E-state index contributed by atoms with van der Waals surface area (Å²) in [5, 5.41) is 14.1. The third-order valence-corrected chi connectivity index (χ3v) is 2.72. The van der Waals surface area contributed by atoms with Gasteiger partial charge in [-0.1, -0.05) is 0 Å². The zero-order valence-corrected chi connectivity index (χ0v) is 11.3. The van der Waals surface area contributed by atoms with E-state index in [0.29, 0.717) is 11.4 Å². The maximum Gasteiger partial charge on any atom is 0.326 e. The van der Waals surface area contributed by atoms with Crippen LogP contribution in [0.3, 0.4) is 0 Å². The summed E-state index contributed by atoms with van der Waals surface area (Å²) in [5.41, 5.74) is 2.01. The number of carboxylic acid groups (broad SMARTS) is 1. The molecule has 0 spiro atoms. The highest BCUT2D eigenvalue weighted by Crippen LogP contribution is 2.07. The van der Waals surface area contributed by atoms with Gasteiger partial charge < -0.3 is 20.7 Å². The first kappa shape index (κ1) is 14.5. The number of carbonyl (C=O) groups excluding carboxylic acids is 1. The van der Waals surface area contributed by atoms with E-state index in [4.69, 9.17) is 5.11 Å². The highest BCUT2D eigenvalue weighted by molar-refractivity contribution is 5.92. The van der Waals surface area contributed by atoms with E-state index in [0.717, 1.165) is 5.56 Å². The zero-order valence-electron chi connectivity index (χ0n) is 11.3. The molecule has 0 unspecified atom stereocenters. The minimum Gasteiger partial charge on any atom is -0.480 e. The van der Waals surface area contributed by atoms with Crippen LogP contribution in [-0.4, -0.2) is 38.1 Å². The van der Waals surface area contributed by atoms with Crippen molar-refractivity contribution in [2.45, 2.75) is 19.4 Å². The quantitative estimate of drug-likeness (QED) is 0.652. The fraction of sp³-hybridized carbons (Fsp3) is 0.231. The Morgan fingerprint density at radius 3 is 2.76 bits per heavy atom. The van der Waals surface area contributed by atoms with Crippen molar-refractivity contribution in [2.24, 2.45) is 0 Å². The molecule has 2 aromatic rings. The number of amides is 2. The highest BCUT2D eigenvalue weighted by atomic mass is 16.4. The molecule has 8 nitrogen and oxygen atoms in total. The second kappa shape index (κ2) is 6.51. The largest absolute Gasteiger partial charge is 0.480 e. The maximum absolute atomic E-state index is 11.8. The van der Waals surface area contributed by atoms with Crippen LogP contribution in [-0.2, 0) is 11.2 Å². The Morgan fingerprint density at radius 2 is 2.14 bits per heavy atom. The van der Waals surface area contributed by atoms with Crippen molar-refractivity contribution in [3.05, 3.63) is 42.2 Å². The second-order valence-electron chi connectivity index (χ2n) is 4.52. The summed E-state index contributed by atoms with van der Waals surface area (Å²) in [5.74, 6) is -1.12. The lowest BCUT2D eigenvalue weighted by Crippen LogP contribution is -2.44. The fourth-order valence-corrected chi connectivity index (χ4v) is 1.77. The van der Waals surface area contributed by atoms with E-state index >= 15 is 0 Å². The number of carbonyl (C=O) groups is 2. The summed E-state index contributed by atoms with van der Waals surface area (Å²) in [4.78, 5) is 33.5. The minimum absolute atomic E-state index is 0.120. The number of imidazole rings is 1. The summed E-state index contributed by atoms with van der Waals surface area (Å²) in [6, 6.07) is 0.0783. The van der Waals surface area contributed by atoms with E-state index in [2.05, 4.69) is 25.6 Å². The normalized spacial score (nSPS) is 11.7. The number of carboxylic acids is 1. The number of aliphatic carboxylic acids is 1. The van der Waals surface area contributed by atoms with E-state index < -0.39 is 18.0 Å². The molecule has 0 saturated heterocycles. The van der Waals surface area contributed by atoms with Gasteiger partial charge in [-0.2, -0.15) is 0 Å². The lowest BCUT2D eigenvalue weighted by molar-refractivity contribution is -0.139. The van der Waals surface area contributed by atoms with Crippen molar-refractivity contribution in [1.82, 2.24) is 20.3 Å². The zero-order chi connectivity index (χ0) is 15.2. The van der Waals surface area contributed by atoms with Gasteiger partial charge >= 0.3 is 12.0 Å². The molecule has 2 rings (SSSR count). The molecule has 2 heterocycles. The van der Waals surface area contributed by atoms with Crippen LogP contribution in [0.2, 0.25) is 0 Å². The molecular weight excluding hydrogens is 274 g/mol.